The van der Waals surface area contributed by atoms with E-state index in [2.05, 4.69) is 22.0 Å². The van der Waals surface area contributed by atoms with Crippen LogP contribution in [0.1, 0.15) is 18.1 Å². The zero-order valence-corrected chi connectivity index (χ0v) is 11.7. The minimum atomic E-state index is 0.105. The Bertz CT molecular complexity index is 378. The van der Waals surface area contributed by atoms with Crippen molar-refractivity contribution in [3.63, 3.8) is 0 Å². The number of hydrogen-bond acceptors (Lipinski definition) is 3. The van der Waals surface area contributed by atoms with Gasteiger partial charge in [-0.05, 0) is 53.4 Å². The van der Waals surface area contributed by atoms with Crippen molar-refractivity contribution in [3.8, 4) is 11.5 Å². The molecule has 0 aromatic heterocycles. The van der Waals surface area contributed by atoms with Gasteiger partial charge in [0, 0.05) is 6.04 Å². The Labute approximate surface area is 105 Å². The molecular weight excluding hydrogens is 270 g/mol. The van der Waals surface area contributed by atoms with Gasteiger partial charge in [-0.1, -0.05) is 0 Å². The molecule has 0 aliphatic heterocycles. The van der Waals surface area contributed by atoms with Crippen LogP contribution in [0.3, 0.4) is 0 Å². The van der Waals surface area contributed by atoms with Gasteiger partial charge in [-0.15, -0.1) is 0 Å². The van der Waals surface area contributed by atoms with Gasteiger partial charge < -0.3 is 15.2 Å². The van der Waals surface area contributed by atoms with Crippen molar-refractivity contribution < 1.29 is 9.47 Å². The van der Waals surface area contributed by atoms with Gasteiger partial charge in [0.2, 0.25) is 0 Å². The van der Waals surface area contributed by atoms with E-state index in [0.29, 0.717) is 0 Å². The minimum absolute atomic E-state index is 0.105. The summed E-state index contributed by atoms with van der Waals surface area (Å²) >= 11 is 3.50. The van der Waals surface area contributed by atoms with Crippen molar-refractivity contribution in [3.05, 3.63) is 21.7 Å². The van der Waals surface area contributed by atoms with Gasteiger partial charge in [-0.3, -0.25) is 0 Å². The maximum Gasteiger partial charge on any atom is 0.140 e. The summed E-state index contributed by atoms with van der Waals surface area (Å²) in [6, 6.07) is 2.17. The normalized spacial score (nSPS) is 12.4. The molecule has 0 spiro atoms. The number of nitrogens with two attached hydrogens (primary N) is 1. The van der Waals surface area contributed by atoms with Crippen molar-refractivity contribution in [1.82, 2.24) is 0 Å². The summed E-state index contributed by atoms with van der Waals surface area (Å²) in [6.45, 7) is 3.99. The number of halogens is 1. The van der Waals surface area contributed by atoms with Crippen LogP contribution in [0.4, 0.5) is 0 Å². The Balaban J connectivity index is 3.29. The van der Waals surface area contributed by atoms with Crippen LogP contribution in [0.5, 0.6) is 11.5 Å². The van der Waals surface area contributed by atoms with E-state index in [-0.39, 0.29) is 6.04 Å². The highest BCUT2D eigenvalue weighted by atomic mass is 79.9. The molecule has 0 amide bonds. The number of benzene rings is 1. The maximum atomic E-state index is 5.82. The van der Waals surface area contributed by atoms with Crippen molar-refractivity contribution >= 4 is 15.9 Å². The van der Waals surface area contributed by atoms with Gasteiger partial charge >= 0.3 is 0 Å². The van der Waals surface area contributed by atoms with Crippen LogP contribution < -0.4 is 15.2 Å². The molecule has 4 heteroatoms. The molecule has 0 saturated heterocycles. The van der Waals surface area contributed by atoms with Crippen LogP contribution in [-0.4, -0.2) is 20.3 Å². The minimum Gasteiger partial charge on any atom is -0.495 e. The molecule has 90 valence electrons. The van der Waals surface area contributed by atoms with Gasteiger partial charge in [0.25, 0.3) is 0 Å². The Morgan fingerprint density at radius 3 is 2.31 bits per heavy atom. The van der Waals surface area contributed by atoms with E-state index in [1.807, 2.05) is 13.8 Å². The number of methoxy groups -OCH3 is 2. The predicted octanol–water partition coefficient (Wildman–Crippen LogP) is 2.66. The number of ether oxygens (including phenoxy) is 2. The second-order valence-electron chi connectivity index (χ2n) is 3.91. The van der Waals surface area contributed by atoms with E-state index >= 15 is 0 Å². The Morgan fingerprint density at radius 1 is 1.31 bits per heavy atom. The maximum absolute atomic E-state index is 5.82. The molecule has 0 saturated carbocycles. The molecule has 0 heterocycles. The highest BCUT2D eigenvalue weighted by Gasteiger charge is 2.16. The van der Waals surface area contributed by atoms with Gasteiger partial charge in [0.15, 0.2) is 0 Å². The third kappa shape index (κ3) is 2.68. The summed E-state index contributed by atoms with van der Waals surface area (Å²) in [4.78, 5) is 0. The molecule has 0 radical (unpaired) electrons. The first-order valence-electron chi connectivity index (χ1n) is 5.16. The van der Waals surface area contributed by atoms with Crippen molar-refractivity contribution in [1.29, 1.82) is 0 Å². The molecule has 2 N–H and O–H groups in total. The highest BCUT2D eigenvalue weighted by Crippen LogP contribution is 2.40. The second-order valence-corrected chi connectivity index (χ2v) is 4.71. The smallest absolute Gasteiger partial charge is 0.140 e. The second kappa shape index (κ2) is 5.55. The molecule has 1 unspecified atom stereocenters. The molecule has 0 bridgehead atoms. The van der Waals surface area contributed by atoms with Crippen molar-refractivity contribution in [2.45, 2.75) is 26.3 Å². The van der Waals surface area contributed by atoms with Gasteiger partial charge in [0.05, 0.1) is 14.2 Å². The summed E-state index contributed by atoms with van der Waals surface area (Å²) in [5.74, 6) is 1.62. The molecule has 3 nitrogen and oxygen atoms in total. The molecule has 1 atom stereocenters. The van der Waals surface area contributed by atoms with E-state index in [1.54, 1.807) is 14.2 Å². The molecule has 0 aliphatic rings. The lowest BCUT2D eigenvalue weighted by atomic mass is 10.0. The van der Waals surface area contributed by atoms with Crippen LogP contribution in [0, 0.1) is 6.92 Å². The first-order valence-corrected chi connectivity index (χ1v) is 5.96. The van der Waals surface area contributed by atoms with E-state index in [4.69, 9.17) is 15.2 Å². The predicted molar refractivity (Wildman–Crippen MR) is 69.3 cm³/mol. The van der Waals surface area contributed by atoms with Gasteiger partial charge in [0.1, 0.15) is 16.0 Å². The molecule has 1 aromatic carbocycles. The summed E-state index contributed by atoms with van der Waals surface area (Å²) < 4.78 is 11.6. The summed E-state index contributed by atoms with van der Waals surface area (Å²) in [5, 5.41) is 0. The average molecular weight is 288 g/mol. The summed E-state index contributed by atoms with van der Waals surface area (Å²) in [5.41, 5.74) is 7.99. The quantitative estimate of drug-likeness (QED) is 0.926. The Kier molecular flexibility index (Phi) is 4.62. The number of aryl methyl sites for hydroxylation is 1. The van der Waals surface area contributed by atoms with Crippen LogP contribution in [0.15, 0.2) is 10.5 Å². The first kappa shape index (κ1) is 13.3. The monoisotopic (exact) mass is 287 g/mol. The molecule has 0 fully saturated rings. The van der Waals surface area contributed by atoms with Crippen molar-refractivity contribution in [2.75, 3.05) is 14.2 Å². The highest BCUT2D eigenvalue weighted by molar-refractivity contribution is 9.10. The summed E-state index contributed by atoms with van der Waals surface area (Å²) in [6.07, 6.45) is 0.784. The average Bonchev–Trinajstić information content (AvgIpc) is 2.17. The lowest BCUT2D eigenvalue weighted by molar-refractivity contribution is 0.383. The Morgan fingerprint density at radius 2 is 1.88 bits per heavy atom. The van der Waals surface area contributed by atoms with Crippen LogP contribution in [0.25, 0.3) is 0 Å². The molecular formula is C12H18BrNO2. The van der Waals surface area contributed by atoms with E-state index < -0.39 is 0 Å². The molecule has 1 rings (SSSR count). The topological polar surface area (TPSA) is 44.5 Å². The third-order valence-electron chi connectivity index (χ3n) is 2.39. The standard InChI is InChI=1S/C12H18BrNO2/c1-7-5-9(6-8(2)14)12(16-4)10(13)11(7)15-3/h5,8H,6,14H2,1-4H3. The van der Waals surface area contributed by atoms with Crippen LogP contribution >= 0.6 is 15.9 Å². The molecule has 1 aromatic rings. The largest absolute Gasteiger partial charge is 0.495 e. The number of hydrogen-bond donors (Lipinski definition) is 1. The zero-order chi connectivity index (χ0) is 12.3. The first-order chi connectivity index (χ1) is 7.51. The lowest BCUT2D eigenvalue weighted by Gasteiger charge is -2.17. The SMILES string of the molecule is COc1c(C)cc(CC(C)N)c(OC)c1Br. The number of rotatable bonds is 4. The van der Waals surface area contributed by atoms with Crippen LogP contribution in [0.2, 0.25) is 0 Å². The molecule has 16 heavy (non-hydrogen) atoms. The molecule has 0 aliphatic carbocycles. The fraction of sp³-hybridized carbons (Fsp3) is 0.500. The Hall–Kier alpha value is -0.740. The van der Waals surface area contributed by atoms with E-state index in [9.17, 15) is 0 Å². The van der Waals surface area contributed by atoms with E-state index in [0.717, 1.165) is 33.5 Å². The fourth-order valence-electron chi connectivity index (χ4n) is 1.78. The van der Waals surface area contributed by atoms with Crippen molar-refractivity contribution in [2.24, 2.45) is 5.73 Å². The lowest BCUT2D eigenvalue weighted by Crippen LogP contribution is -2.18. The third-order valence-corrected chi connectivity index (χ3v) is 3.11. The van der Waals surface area contributed by atoms with Crippen LogP contribution in [-0.2, 0) is 6.42 Å². The summed E-state index contributed by atoms with van der Waals surface area (Å²) in [7, 11) is 3.30. The van der Waals surface area contributed by atoms with Gasteiger partial charge in [-0.25, -0.2) is 0 Å². The fourth-order valence-corrected chi connectivity index (χ4v) is 2.67. The van der Waals surface area contributed by atoms with Gasteiger partial charge in [-0.2, -0.15) is 0 Å². The zero-order valence-electron chi connectivity index (χ0n) is 10.1. The van der Waals surface area contributed by atoms with E-state index in [1.165, 1.54) is 0 Å².